The van der Waals surface area contributed by atoms with Crippen LogP contribution in [0.25, 0.3) is 25.7 Å². The molecule has 8 heteroatoms. The van der Waals surface area contributed by atoms with Crippen molar-refractivity contribution >= 4 is 43.9 Å². The summed E-state index contributed by atoms with van der Waals surface area (Å²) >= 11 is 3.55. The number of likely N-dealkylation sites (tertiary alicyclic amines) is 1. The third-order valence-corrected chi connectivity index (χ3v) is 8.13. The number of hydrogen-bond acceptors (Lipinski definition) is 6. The maximum atomic E-state index is 12.3. The SMILES string of the molecule is Cc1cn2cc(-c3nc4sc(C5CCN(C(=O)OC(C)(C)C)CC5)cc4s3)cc(C)c2n1. The number of aromatic nitrogens is 3. The van der Waals surface area contributed by atoms with E-state index in [9.17, 15) is 4.79 Å². The van der Waals surface area contributed by atoms with Crippen molar-refractivity contribution < 1.29 is 9.53 Å². The van der Waals surface area contributed by atoms with E-state index >= 15 is 0 Å². The maximum Gasteiger partial charge on any atom is 0.410 e. The molecule has 0 spiro atoms. The van der Waals surface area contributed by atoms with Gasteiger partial charge in [-0.1, -0.05) is 0 Å². The summed E-state index contributed by atoms with van der Waals surface area (Å²) in [7, 11) is 0. The van der Waals surface area contributed by atoms with Crippen LogP contribution in [0.2, 0.25) is 0 Å². The van der Waals surface area contributed by atoms with Gasteiger partial charge in [-0.15, -0.1) is 22.7 Å². The molecular weight excluding hydrogens is 440 g/mol. The Bertz CT molecular complexity index is 1270. The fraction of sp³-hybridized carbons (Fsp3) is 0.458. The minimum atomic E-state index is -0.449. The van der Waals surface area contributed by atoms with Gasteiger partial charge in [-0.05, 0) is 71.1 Å². The number of imidazole rings is 1. The molecule has 1 aliphatic heterocycles. The zero-order valence-corrected chi connectivity index (χ0v) is 20.8. The van der Waals surface area contributed by atoms with Gasteiger partial charge in [0.2, 0.25) is 0 Å². The predicted octanol–water partition coefficient (Wildman–Crippen LogP) is 6.40. The highest BCUT2D eigenvalue weighted by atomic mass is 32.1. The highest BCUT2D eigenvalue weighted by Gasteiger charge is 2.28. The Balaban J connectivity index is 1.31. The van der Waals surface area contributed by atoms with Crippen LogP contribution >= 0.6 is 22.7 Å². The number of carbonyl (C=O) groups is 1. The first kappa shape index (κ1) is 21.4. The molecular formula is C24H28N4O2S2. The molecule has 1 fully saturated rings. The molecule has 4 aromatic rings. The van der Waals surface area contributed by atoms with E-state index < -0.39 is 5.60 Å². The number of fused-ring (bicyclic) bond motifs is 2. The molecule has 5 heterocycles. The normalized spacial score (nSPS) is 15.7. The van der Waals surface area contributed by atoms with Crippen LogP contribution in [0.4, 0.5) is 4.79 Å². The number of nitrogens with zero attached hydrogens (tertiary/aromatic N) is 4. The molecule has 0 atom stereocenters. The summed E-state index contributed by atoms with van der Waals surface area (Å²) < 4.78 is 8.86. The van der Waals surface area contributed by atoms with Crippen LogP contribution < -0.4 is 0 Å². The summed E-state index contributed by atoms with van der Waals surface area (Å²) in [5, 5.41) is 1.05. The van der Waals surface area contributed by atoms with Crippen LogP contribution in [0.5, 0.6) is 0 Å². The molecule has 0 aliphatic carbocycles. The third kappa shape index (κ3) is 4.13. The molecule has 0 bridgehead atoms. The first-order valence-electron chi connectivity index (χ1n) is 11.0. The zero-order chi connectivity index (χ0) is 22.6. The van der Waals surface area contributed by atoms with Crippen LogP contribution in [0.1, 0.15) is 55.7 Å². The molecule has 32 heavy (non-hydrogen) atoms. The van der Waals surface area contributed by atoms with E-state index in [0.717, 1.165) is 58.2 Å². The van der Waals surface area contributed by atoms with Gasteiger partial charge in [0.05, 0.1) is 10.4 Å². The molecule has 6 nitrogen and oxygen atoms in total. The van der Waals surface area contributed by atoms with Gasteiger partial charge in [0, 0.05) is 35.9 Å². The smallest absolute Gasteiger partial charge is 0.410 e. The van der Waals surface area contributed by atoms with Crippen molar-refractivity contribution in [3.05, 3.63) is 40.7 Å². The van der Waals surface area contributed by atoms with E-state index in [0.29, 0.717) is 5.92 Å². The van der Waals surface area contributed by atoms with Crippen LogP contribution in [0, 0.1) is 13.8 Å². The molecule has 168 valence electrons. The number of hydrogen-bond donors (Lipinski definition) is 0. The Hall–Kier alpha value is -2.45. The van der Waals surface area contributed by atoms with Gasteiger partial charge in [0.1, 0.15) is 21.1 Å². The second-order valence-corrected chi connectivity index (χ2v) is 11.7. The Kier molecular flexibility index (Phi) is 5.25. The number of amides is 1. The predicted molar refractivity (Wildman–Crippen MR) is 131 cm³/mol. The zero-order valence-electron chi connectivity index (χ0n) is 19.1. The van der Waals surface area contributed by atoms with Crippen LogP contribution in [0.3, 0.4) is 0 Å². The van der Waals surface area contributed by atoms with Crippen molar-refractivity contribution in [3.63, 3.8) is 0 Å². The monoisotopic (exact) mass is 468 g/mol. The average molecular weight is 469 g/mol. The average Bonchev–Trinajstić information content (AvgIpc) is 3.39. The van der Waals surface area contributed by atoms with Crippen molar-refractivity contribution in [2.45, 2.75) is 59.0 Å². The minimum Gasteiger partial charge on any atom is -0.444 e. The first-order chi connectivity index (χ1) is 15.2. The molecule has 0 saturated carbocycles. The standard InChI is InChI=1S/C24H28N4O2S2/c1-14-10-17(13-28-12-15(2)25-20(14)28)21-26-22-19(32-21)11-18(31-22)16-6-8-27(9-7-16)23(29)30-24(3,4)5/h10-13,16H,6-9H2,1-5H3. The van der Waals surface area contributed by atoms with Gasteiger partial charge >= 0.3 is 6.09 Å². The highest BCUT2D eigenvalue weighted by Crippen LogP contribution is 2.40. The number of aryl methyl sites for hydroxylation is 2. The molecule has 0 unspecified atom stereocenters. The summed E-state index contributed by atoms with van der Waals surface area (Å²) in [6, 6.07) is 4.49. The van der Waals surface area contributed by atoms with E-state index in [-0.39, 0.29) is 6.09 Å². The molecule has 1 amide bonds. The Morgan fingerprint density at radius 1 is 1.09 bits per heavy atom. The second-order valence-electron chi connectivity index (χ2n) is 9.60. The van der Waals surface area contributed by atoms with E-state index in [4.69, 9.17) is 9.72 Å². The topological polar surface area (TPSA) is 59.7 Å². The Morgan fingerprint density at radius 3 is 2.53 bits per heavy atom. The Labute approximate surface area is 195 Å². The number of pyridine rings is 1. The van der Waals surface area contributed by atoms with E-state index in [1.807, 2.05) is 32.6 Å². The van der Waals surface area contributed by atoms with Gasteiger partial charge in [0.15, 0.2) is 0 Å². The lowest BCUT2D eigenvalue weighted by atomic mass is 9.95. The van der Waals surface area contributed by atoms with Gasteiger partial charge in [0.25, 0.3) is 0 Å². The fourth-order valence-electron chi connectivity index (χ4n) is 4.26. The maximum absolute atomic E-state index is 12.3. The van der Waals surface area contributed by atoms with E-state index in [2.05, 4.69) is 40.8 Å². The van der Waals surface area contributed by atoms with Crippen LogP contribution in [0.15, 0.2) is 24.5 Å². The van der Waals surface area contributed by atoms with E-state index in [1.54, 1.807) is 22.7 Å². The van der Waals surface area contributed by atoms with Crippen molar-refractivity contribution in [1.29, 1.82) is 0 Å². The van der Waals surface area contributed by atoms with Crippen molar-refractivity contribution in [3.8, 4) is 10.6 Å². The Morgan fingerprint density at radius 2 is 1.84 bits per heavy atom. The molecule has 4 aromatic heterocycles. The lowest BCUT2D eigenvalue weighted by Gasteiger charge is -2.33. The number of piperidine rings is 1. The number of carbonyl (C=O) groups excluding carboxylic acids is 1. The molecule has 1 aliphatic rings. The van der Waals surface area contributed by atoms with Crippen LogP contribution in [-0.2, 0) is 4.74 Å². The number of ether oxygens (including phenoxy) is 1. The lowest BCUT2D eigenvalue weighted by Crippen LogP contribution is -2.41. The van der Waals surface area contributed by atoms with Crippen molar-refractivity contribution in [2.24, 2.45) is 0 Å². The number of thiophene rings is 1. The molecule has 0 radical (unpaired) electrons. The first-order valence-corrected chi connectivity index (χ1v) is 12.6. The van der Waals surface area contributed by atoms with Gasteiger partial charge in [-0.3, -0.25) is 0 Å². The summed E-state index contributed by atoms with van der Waals surface area (Å²) in [6.45, 7) is 11.3. The summed E-state index contributed by atoms with van der Waals surface area (Å²) in [5.41, 5.74) is 3.87. The highest BCUT2D eigenvalue weighted by molar-refractivity contribution is 7.28. The minimum absolute atomic E-state index is 0.199. The van der Waals surface area contributed by atoms with Gasteiger partial charge in [-0.25, -0.2) is 14.8 Å². The quantitative estimate of drug-likeness (QED) is 0.341. The summed E-state index contributed by atoms with van der Waals surface area (Å²) in [4.78, 5) is 26.2. The number of rotatable bonds is 2. The van der Waals surface area contributed by atoms with Gasteiger partial charge in [-0.2, -0.15) is 0 Å². The molecule has 1 saturated heterocycles. The van der Waals surface area contributed by atoms with Gasteiger partial charge < -0.3 is 14.0 Å². The second kappa shape index (κ2) is 7.85. The molecule has 0 aromatic carbocycles. The van der Waals surface area contributed by atoms with Crippen molar-refractivity contribution in [1.82, 2.24) is 19.3 Å². The fourth-order valence-corrected chi connectivity index (χ4v) is 6.63. The lowest BCUT2D eigenvalue weighted by molar-refractivity contribution is 0.0205. The summed E-state index contributed by atoms with van der Waals surface area (Å²) in [6.07, 6.45) is 5.92. The molecule has 0 N–H and O–H groups in total. The largest absolute Gasteiger partial charge is 0.444 e. The summed E-state index contributed by atoms with van der Waals surface area (Å²) in [5.74, 6) is 0.482. The van der Waals surface area contributed by atoms with Crippen LogP contribution in [-0.4, -0.2) is 44.1 Å². The number of thiazole rings is 1. The van der Waals surface area contributed by atoms with Crippen molar-refractivity contribution in [2.75, 3.05) is 13.1 Å². The third-order valence-electron chi connectivity index (χ3n) is 5.76. The molecule has 5 rings (SSSR count). The van der Waals surface area contributed by atoms with E-state index in [1.165, 1.54) is 9.58 Å².